The van der Waals surface area contributed by atoms with Crippen molar-refractivity contribution in [3.05, 3.63) is 18.0 Å². The van der Waals surface area contributed by atoms with E-state index in [-0.39, 0.29) is 12.5 Å². The van der Waals surface area contributed by atoms with Gasteiger partial charge in [0.1, 0.15) is 12.4 Å². The molecule has 0 saturated carbocycles. The fourth-order valence-corrected chi connectivity index (χ4v) is 2.09. The summed E-state index contributed by atoms with van der Waals surface area (Å²) in [6.07, 6.45) is 5.24. The zero-order valence-corrected chi connectivity index (χ0v) is 11.2. The number of rotatable bonds is 4. The van der Waals surface area contributed by atoms with Crippen molar-refractivity contribution in [3.63, 3.8) is 0 Å². The second-order valence-electron chi connectivity index (χ2n) is 4.41. The van der Waals surface area contributed by atoms with E-state index in [9.17, 15) is 0 Å². The molecule has 1 aliphatic rings. The summed E-state index contributed by atoms with van der Waals surface area (Å²) in [5, 5.41) is 8.49. The van der Waals surface area contributed by atoms with Crippen LogP contribution in [0, 0.1) is 11.3 Å². The molecule has 104 valence electrons. The van der Waals surface area contributed by atoms with E-state index in [1.807, 2.05) is 12.1 Å². The van der Waals surface area contributed by atoms with Crippen LogP contribution in [0.25, 0.3) is 5.57 Å². The predicted molar refractivity (Wildman–Crippen MR) is 79.0 cm³/mol. The highest BCUT2D eigenvalue weighted by Gasteiger charge is 2.16. The Bertz CT molecular complexity index is 565. The number of allylic oxidation sites excluding steroid dienone is 1. The van der Waals surface area contributed by atoms with Crippen molar-refractivity contribution in [3.8, 4) is 6.07 Å². The van der Waals surface area contributed by atoms with Gasteiger partial charge in [0.15, 0.2) is 0 Å². The van der Waals surface area contributed by atoms with Crippen LogP contribution in [0.3, 0.4) is 0 Å². The maximum atomic E-state index is 8.49. The van der Waals surface area contributed by atoms with E-state index in [0.717, 1.165) is 31.7 Å². The average molecular weight is 271 g/mol. The first kappa shape index (κ1) is 13.8. The molecule has 1 aromatic heterocycles. The molecular weight excluding hydrogens is 254 g/mol. The number of nitrogens with two attached hydrogens (primary N) is 2. The summed E-state index contributed by atoms with van der Waals surface area (Å²) in [7, 11) is 0. The molecule has 1 fully saturated rings. The monoisotopic (exact) mass is 271 g/mol. The van der Waals surface area contributed by atoms with Gasteiger partial charge >= 0.3 is 0 Å². The Morgan fingerprint density at radius 1 is 1.45 bits per heavy atom. The smallest absolute Gasteiger partial charge is 0.222 e. The maximum Gasteiger partial charge on any atom is 0.222 e. The van der Waals surface area contributed by atoms with Crippen LogP contribution in [-0.2, 0) is 0 Å². The summed E-state index contributed by atoms with van der Waals surface area (Å²) in [6.45, 7) is 2.02. The lowest BCUT2D eigenvalue weighted by Gasteiger charge is -2.17. The van der Waals surface area contributed by atoms with Crippen molar-refractivity contribution in [1.29, 1.82) is 5.26 Å². The SMILES string of the molecule is N#CCN=C/C(=C\N)c1cc(N2CCCC2)nc(N)n1. The first-order chi connectivity index (χ1) is 9.74. The first-order valence-corrected chi connectivity index (χ1v) is 6.43. The number of nitrogen functional groups attached to an aromatic ring is 1. The minimum absolute atomic E-state index is 0.0802. The van der Waals surface area contributed by atoms with Gasteiger partial charge in [-0.1, -0.05) is 0 Å². The maximum absolute atomic E-state index is 8.49. The third kappa shape index (κ3) is 3.23. The standard InChI is InChI=1S/C13H17N7/c14-3-4-17-9-10(8-15)11-7-12(19-13(16)18-11)20-5-1-2-6-20/h7-9H,1-2,4-6,15H2,(H2,16,18,19)/b10-8+,17-9?. The van der Waals surface area contributed by atoms with Crippen molar-refractivity contribution in [2.24, 2.45) is 10.7 Å². The average Bonchev–Trinajstić information content (AvgIpc) is 2.97. The summed E-state index contributed by atoms with van der Waals surface area (Å²) in [5.74, 6) is 1.01. The van der Waals surface area contributed by atoms with E-state index in [0.29, 0.717) is 11.3 Å². The zero-order chi connectivity index (χ0) is 14.4. The van der Waals surface area contributed by atoms with Crippen LogP contribution in [0.5, 0.6) is 0 Å². The van der Waals surface area contributed by atoms with Crippen LogP contribution >= 0.6 is 0 Å². The van der Waals surface area contributed by atoms with Gasteiger partial charge in [0, 0.05) is 37.1 Å². The fourth-order valence-electron chi connectivity index (χ4n) is 2.09. The Balaban J connectivity index is 2.28. The number of nitrogens with zero attached hydrogens (tertiary/aromatic N) is 5. The summed E-state index contributed by atoms with van der Waals surface area (Å²) >= 11 is 0. The number of anilines is 2. The van der Waals surface area contributed by atoms with Gasteiger partial charge in [0.2, 0.25) is 5.95 Å². The van der Waals surface area contributed by atoms with Crippen LogP contribution < -0.4 is 16.4 Å². The van der Waals surface area contributed by atoms with E-state index in [1.54, 1.807) is 0 Å². The topological polar surface area (TPSA) is 117 Å². The lowest BCUT2D eigenvalue weighted by atomic mass is 10.2. The highest BCUT2D eigenvalue weighted by molar-refractivity contribution is 6.09. The lowest BCUT2D eigenvalue weighted by molar-refractivity contribution is 0.929. The van der Waals surface area contributed by atoms with Crippen molar-refractivity contribution in [2.75, 3.05) is 30.3 Å². The molecule has 0 unspecified atom stereocenters. The highest BCUT2D eigenvalue weighted by atomic mass is 15.2. The van der Waals surface area contributed by atoms with E-state index >= 15 is 0 Å². The molecule has 1 saturated heterocycles. The van der Waals surface area contributed by atoms with Gasteiger partial charge in [-0.05, 0) is 12.8 Å². The van der Waals surface area contributed by atoms with E-state index in [1.165, 1.54) is 12.4 Å². The molecule has 2 heterocycles. The van der Waals surface area contributed by atoms with Gasteiger partial charge < -0.3 is 16.4 Å². The molecule has 1 aromatic rings. The summed E-state index contributed by atoms with van der Waals surface area (Å²) in [6, 6.07) is 3.78. The molecule has 1 aliphatic heterocycles. The third-order valence-corrected chi connectivity index (χ3v) is 3.03. The Morgan fingerprint density at radius 2 is 2.20 bits per heavy atom. The van der Waals surface area contributed by atoms with E-state index in [4.69, 9.17) is 16.7 Å². The zero-order valence-electron chi connectivity index (χ0n) is 11.2. The molecule has 0 radical (unpaired) electrons. The highest BCUT2D eigenvalue weighted by Crippen LogP contribution is 2.21. The van der Waals surface area contributed by atoms with Gasteiger partial charge in [-0.2, -0.15) is 10.2 Å². The number of aliphatic imine (C=N–C) groups is 1. The molecule has 0 amide bonds. The fraction of sp³-hybridized carbons (Fsp3) is 0.385. The van der Waals surface area contributed by atoms with Crippen molar-refractivity contribution < 1.29 is 0 Å². The summed E-state index contributed by atoms with van der Waals surface area (Å²) in [5.41, 5.74) is 12.6. The van der Waals surface area contributed by atoms with Gasteiger partial charge in [0.05, 0.1) is 11.8 Å². The second kappa shape index (κ2) is 6.52. The molecule has 4 N–H and O–H groups in total. The molecule has 0 spiro atoms. The predicted octanol–water partition coefficient (Wildman–Crippen LogP) is 0.553. The second-order valence-corrected chi connectivity index (χ2v) is 4.41. The van der Waals surface area contributed by atoms with Crippen molar-refractivity contribution in [1.82, 2.24) is 9.97 Å². The Morgan fingerprint density at radius 3 is 2.85 bits per heavy atom. The number of nitriles is 1. The van der Waals surface area contributed by atoms with Crippen molar-refractivity contribution in [2.45, 2.75) is 12.8 Å². The van der Waals surface area contributed by atoms with Gasteiger partial charge in [0.25, 0.3) is 0 Å². The van der Waals surface area contributed by atoms with Crippen LogP contribution in [0.4, 0.5) is 11.8 Å². The molecule has 20 heavy (non-hydrogen) atoms. The van der Waals surface area contributed by atoms with E-state index < -0.39 is 0 Å². The van der Waals surface area contributed by atoms with E-state index in [2.05, 4.69) is 19.9 Å². The number of hydrogen-bond acceptors (Lipinski definition) is 7. The van der Waals surface area contributed by atoms with Crippen LogP contribution in [-0.4, -0.2) is 35.8 Å². The Labute approximate surface area is 117 Å². The van der Waals surface area contributed by atoms with Gasteiger partial charge in [-0.25, -0.2) is 4.98 Å². The largest absolute Gasteiger partial charge is 0.404 e. The van der Waals surface area contributed by atoms with Crippen LogP contribution in [0.15, 0.2) is 17.3 Å². The number of aromatic nitrogens is 2. The molecule has 2 rings (SSSR count). The van der Waals surface area contributed by atoms with Crippen LogP contribution in [0.2, 0.25) is 0 Å². The molecule has 0 aromatic carbocycles. The molecule has 0 bridgehead atoms. The Hall–Kier alpha value is -2.62. The molecular formula is C13H17N7. The molecule has 0 atom stereocenters. The van der Waals surface area contributed by atoms with Gasteiger partial charge in [-0.3, -0.25) is 4.99 Å². The summed E-state index contributed by atoms with van der Waals surface area (Å²) < 4.78 is 0. The lowest BCUT2D eigenvalue weighted by Crippen LogP contribution is -2.20. The Kier molecular flexibility index (Phi) is 4.50. The van der Waals surface area contributed by atoms with Crippen LogP contribution in [0.1, 0.15) is 18.5 Å². The molecule has 0 aliphatic carbocycles. The first-order valence-electron chi connectivity index (χ1n) is 6.43. The normalized spacial score (nSPS) is 15.8. The number of hydrogen-bond donors (Lipinski definition) is 2. The minimum Gasteiger partial charge on any atom is -0.404 e. The quantitative estimate of drug-likeness (QED) is 0.610. The van der Waals surface area contributed by atoms with Crippen molar-refractivity contribution >= 4 is 23.6 Å². The third-order valence-electron chi connectivity index (χ3n) is 3.03. The van der Waals surface area contributed by atoms with Gasteiger partial charge in [-0.15, -0.1) is 0 Å². The minimum atomic E-state index is 0.0802. The summed E-state index contributed by atoms with van der Waals surface area (Å²) in [4.78, 5) is 14.5. The molecule has 7 heteroatoms. The molecule has 7 nitrogen and oxygen atoms in total.